The number of aliphatic hydroxyl groups is 2. The average molecular weight is 282 g/mol. The second kappa shape index (κ2) is 7.57. The molecule has 0 amide bonds. The van der Waals surface area contributed by atoms with Gasteiger partial charge in [-0.25, -0.2) is 0 Å². The zero-order valence-electron chi connectivity index (χ0n) is 12.4. The summed E-state index contributed by atoms with van der Waals surface area (Å²) in [5.41, 5.74) is 1.37. The van der Waals surface area contributed by atoms with E-state index in [9.17, 15) is 4.79 Å². The molecule has 0 aliphatic carbocycles. The van der Waals surface area contributed by atoms with Crippen LogP contribution in [0.3, 0.4) is 0 Å². The van der Waals surface area contributed by atoms with Crippen molar-refractivity contribution in [3.05, 3.63) is 59.7 Å². The number of carbonyl (C=O) groups excluding carboxylic acids is 1. The van der Waals surface area contributed by atoms with Crippen LogP contribution in [-0.2, 0) is 0 Å². The number of ether oxygens (including phenoxy) is 1. The second-order valence-corrected chi connectivity index (χ2v) is 4.18. The molecule has 20 heavy (non-hydrogen) atoms. The van der Waals surface area contributed by atoms with Crippen LogP contribution in [0.2, 0.25) is 0 Å². The van der Waals surface area contributed by atoms with Gasteiger partial charge in [0.05, 0.1) is 0 Å². The van der Waals surface area contributed by atoms with Gasteiger partial charge in [-0.3, -0.25) is 4.79 Å². The number of hydrogen-bond donors (Lipinski definition) is 2. The monoisotopic (exact) mass is 282 g/mol. The summed E-state index contributed by atoms with van der Waals surface area (Å²) in [7, 11) is 0. The van der Waals surface area contributed by atoms with Crippen molar-refractivity contribution in [3.8, 4) is 11.5 Å². The molecule has 2 N–H and O–H groups in total. The summed E-state index contributed by atoms with van der Waals surface area (Å²) < 4.78 is 5.59. The standard InChI is InChI=1S/C15H14O4.Na.H/c1-10-2-6-12(7-3-10)19-13-8-4-11(5-9-13)14(16)15(17)18;;/h2-9,15,17-18H,1H3;;/q;+1;-1. The Balaban J connectivity index is 0.00000200. The van der Waals surface area contributed by atoms with Gasteiger partial charge in [0, 0.05) is 5.56 Å². The molecule has 0 aliphatic rings. The Labute approximate surface area is 140 Å². The van der Waals surface area contributed by atoms with E-state index in [1.807, 2.05) is 31.2 Å². The van der Waals surface area contributed by atoms with Gasteiger partial charge in [0.15, 0.2) is 0 Å². The van der Waals surface area contributed by atoms with Gasteiger partial charge >= 0.3 is 29.6 Å². The second-order valence-electron chi connectivity index (χ2n) is 4.18. The fourth-order valence-corrected chi connectivity index (χ4v) is 1.58. The smallest absolute Gasteiger partial charge is 1.00 e. The molecular formula is C15H15NaO4. The van der Waals surface area contributed by atoms with Gasteiger partial charge in [0.2, 0.25) is 12.1 Å². The fraction of sp³-hybridized carbons (Fsp3) is 0.133. The van der Waals surface area contributed by atoms with Crippen molar-refractivity contribution in [1.29, 1.82) is 0 Å². The molecule has 0 fully saturated rings. The number of hydrogen-bond acceptors (Lipinski definition) is 4. The molecule has 100 valence electrons. The third-order valence-corrected chi connectivity index (χ3v) is 2.63. The largest absolute Gasteiger partial charge is 1.00 e. The molecule has 5 heteroatoms. The molecule has 0 heterocycles. The Morgan fingerprint density at radius 3 is 1.90 bits per heavy atom. The molecule has 0 atom stereocenters. The molecule has 0 aromatic heterocycles. The first-order chi connectivity index (χ1) is 9.06. The van der Waals surface area contributed by atoms with Crippen LogP contribution >= 0.6 is 0 Å². The van der Waals surface area contributed by atoms with E-state index in [-0.39, 0.29) is 36.5 Å². The molecule has 0 radical (unpaired) electrons. The van der Waals surface area contributed by atoms with Gasteiger partial charge in [-0.2, -0.15) is 0 Å². The summed E-state index contributed by atoms with van der Waals surface area (Å²) in [4.78, 5) is 11.3. The Morgan fingerprint density at radius 1 is 1.00 bits per heavy atom. The van der Waals surface area contributed by atoms with Crippen molar-refractivity contribution in [2.24, 2.45) is 0 Å². The van der Waals surface area contributed by atoms with Crippen molar-refractivity contribution >= 4 is 5.78 Å². The van der Waals surface area contributed by atoms with Gasteiger partial charge in [-0.05, 0) is 43.3 Å². The maximum absolute atomic E-state index is 11.3. The molecule has 0 saturated heterocycles. The number of Topliss-reactive ketones (excluding diaryl/α,β-unsaturated/α-hetero) is 1. The number of ketones is 1. The summed E-state index contributed by atoms with van der Waals surface area (Å²) in [6.45, 7) is 1.99. The minimum Gasteiger partial charge on any atom is -1.00 e. The molecule has 4 nitrogen and oxygen atoms in total. The van der Waals surface area contributed by atoms with Crippen molar-refractivity contribution in [2.45, 2.75) is 13.2 Å². The third kappa shape index (κ3) is 4.44. The number of carbonyl (C=O) groups is 1. The predicted octanol–water partition coefficient (Wildman–Crippen LogP) is -0.603. The maximum Gasteiger partial charge on any atom is 1.00 e. The number of aliphatic hydroxyl groups excluding tert-OH is 1. The minimum atomic E-state index is -1.98. The average Bonchev–Trinajstić information content (AvgIpc) is 2.41. The molecule has 0 bridgehead atoms. The molecule has 2 aromatic rings. The Bertz CT molecular complexity index is 567. The summed E-state index contributed by atoms with van der Waals surface area (Å²) in [5.74, 6) is 0.543. The SMILES string of the molecule is Cc1ccc(Oc2ccc(C(=O)C(O)O)cc2)cc1.[H-].[Na+]. The Morgan fingerprint density at radius 2 is 1.45 bits per heavy atom. The van der Waals surface area contributed by atoms with Crippen LogP contribution in [0.1, 0.15) is 17.3 Å². The molecule has 0 unspecified atom stereocenters. The summed E-state index contributed by atoms with van der Waals surface area (Å²) in [6, 6.07) is 13.8. The maximum atomic E-state index is 11.3. The first kappa shape index (κ1) is 16.9. The van der Waals surface area contributed by atoms with E-state index in [0.29, 0.717) is 11.5 Å². The normalized spacial score (nSPS) is 10.0. The number of rotatable bonds is 4. The van der Waals surface area contributed by atoms with E-state index in [1.165, 1.54) is 12.1 Å². The number of benzene rings is 2. The minimum absolute atomic E-state index is 0. The fourth-order valence-electron chi connectivity index (χ4n) is 1.58. The van der Waals surface area contributed by atoms with Crippen molar-refractivity contribution in [1.82, 2.24) is 0 Å². The predicted molar refractivity (Wildman–Crippen MR) is 71.4 cm³/mol. The van der Waals surface area contributed by atoms with E-state index in [1.54, 1.807) is 12.1 Å². The van der Waals surface area contributed by atoms with Crippen LogP contribution in [0.15, 0.2) is 48.5 Å². The summed E-state index contributed by atoms with van der Waals surface area (Å²) in [6.07, 6.45) is -1.98. The molecular weight excluding hydrogens is 267 g/mol. The third-order valence-electron chi connectivity index (χ3n) is 2.63. The van der Waals surface area contributed by atoms with Crippen LogP contribution in [0.4, 0.5) is 0 Å². The van der Waals surface area contributed by atoms with E-state index < -0.39 is 12.1 Å². The first-order valence-corrected chi connectivity index (χ1v) is 5.81. The van der Waals surface area contributed by atoms with Gasteiger partial charge in [0.1, 0.15) is 11.5 Å². The number of aryl methyl sites for hydroxylation is 1. The van der Waals surface area contributed by atoms with Crippen molar-refractivity contribution < 1.29 is 50.7 Å². The quantitative estimate of drug-likeness (QED) is 0.446. The summed E-state index contributed by atoms with van der Waals surface area (Å²) >= 11 is 0. The van der Waals surface area contributed by atoms with Crippen LogP contribution in [0.5, 0.6) is 11.5 Å². The van der Waals surface area contributed by atoms with Gasteiger partial charge < -0.3 is 16.4 Å². The van der Waals surface area contributed by atoms with E-state index in [2.05, 4.69) is 0 Å². The zero-order chi connectivity index (χ0) is 13.8. The van der Waals surface area contributed by atoms with Crippen molar-refractivity contribution in [2.75, 3.05) is 0 Å². The molecule has 0 spiro atoms. The first-order valence-electron chi connectivity index (χ1n) is 5.81. The molecule has 0 aliphatic heterocycles. The molecule has 2 aromatic carbocycles. The van der Waals surface area contributed by atoms with Gasteiger partial charge in [0.25, 0.3) is 0 Å². The summed E-state index contributed by atoms with van der Waals surface area (Å²) in [5, 5.41) is 17.6. The van der Waals surface area contributed by atoms with E-state index in [4.69, 9.17) is 14.9 Å². The van der Waals surface area contributed by atoms with E-state index >= 15 is 0 Å². The molecule has 2 rings (SSSR count). The molecule has 0 saturated carbocycles. The van der Waals surface area contributed by atoms with Crippen LogP contribution in [0, 0.1) is 6.92 Å². The van der Waals surface area contributed by atoms with Crippen LogP contribution < -0.4 is 34.3 Å². The Kier molecular flexibility index (Phi) is 6.39. The van der Waals surface area contributed by atoms with Crippen LogP contribution in [0.25, 0.3) is 0 Å². The van der Waals surface area contributed by atoms with Crippen molar-refractivity contribution in [3.63, 3.8) is 0 Å². The van der Waals surface area contributed by atoms with Gasteiger partial charge in [-0.15, -0.1) is 0 Å². The Hall–Kier alpha value is -1.17. The van der Waals surface area contributed by atoms with Crippen LogP contribution in [-0.4, -0.2) is 22.3 Å². The van der Waals surface area contributed by atoms with E-state index in [0.717, 1.165) is 5.56 Å². The topological polar surface area (TPSA) is 66.8 Å². The van der Waals surface area contributed by atoms with Gasteiger partial charge in [-0.1, -0.05) is 17.7 Å². The zero-order valence-corrected chi connectivity index (χ0v) is 13.4.